The Balaban J connectivity index is 0.00000188. The zero-order valence-corrected chi connectivity index (χ0v) is 35.0. The summed E-state index contributed by atoms with van der Waals surface area (Å²) < 4.78 is 9.50. The minimum Gasteiger partial charge on any atom is -0.388 e. The Hall–Kier alpha value is -6.45. The van der Waals surface area contributed by atoms with Crippen LogP contribution in [0.2, 0.25) is 0 Å². The van der Waals surface area contributed by atoms with Gasteiger partial charge < -0.3 is 41.6 Å². The van der Waals surface area contributed by atoms with E-state index in [-0.39, 0.29) is 35.8 Å². The normalized spacial score (nSPS) is 10.6. The summed E-state index contributed by atoms with van der Waals surface area (Å²) >= 11 is 0. The number of anilines is 4. The number of nitrogens with one attached hydrogen (secondary N) is 6. The van der Waals surface area contributed by atoms with Gasteiger partial charge in [-0.3, -0.25) is 33.3 Å². The van der Waals surface area contributed by atoms with Crippen molar-refractivity contribution in [2.75, 3.05) is 69.7 Å². The van der Waals surface area contributed by atoms with E-state index in [2.05, 4.69) is 54.0 Å². The van der Waals surface area contributed by atoms with Crippen LogP contribution < -0.4 is 31.9 Å². The van der Waals surface area contributed by atoms with Crippen LogP contribution in [-0.2, 0) is 19.2 Å². The summed E-state index contributed by atoms with van der Waals surface area (Å²) in [5, 5.41) is 19.5. The van der Waals surface area contributed by atoms with Crippen molar-refractivity contribution in [3.05, 3.63) is 71.7 Å². The second kappa shape index (κ2) is 26.5. The van der Waals surface area contributed by atoms with E-state index in [4.69, 9.17) is 4.79 Å². The number of rotatable bonds is 21. The van der Waals surface area contributed by atoms with E-state index < -0.39 is 11.9 Å². The van der Waals surface area contributed by atoms with E-state index in [1.54, 1.807) is 44.7 Å². The molecular formula is C43H58FN9O6. The maximum atomic E-state index is 13.3. The molecule has 2 aromatic carbocycles. The molecule has 0 saturated carbocycles. The maximum Gasteiger partial charge on any atom is 0.257 e. The molecule has 16 heteroatoms. The SMILES string of the molecule is CCCC(C=O)N(C)C(=O)c1c(C=O)cccc1NCCCCNC(=O)CCCC(=O)Nc1cc2cc(-c3cncc(NC)c3C)cc(NC)c2cn1.CF.CNC=O. The van der Waals surface area contributed by atoms with Crippen molar-refractivity contribution >= 4 is 70.4 Å². The van der Waals surface area contributed by atoms with Crippen molar-refractivity contribution in [2.45, 2.75) is 64.8 Å². The number of unbranched alkanes of at least 4 members (excludes halogenated alkanes) is 1. The number of nitrogens with zero attached hydrogens (tertiary/aromatic N) is 3. The number of halogens is 1. The van der Waals surface area contributed by atoms with Gasteiger partial charge in [-0.15, -0.1) is 0 Å². The topological polar surface area (TPSA) is 204 Å². The molecule has 1 atom stereocenters. The van der Waals surface area contributed by atoms with Crippen LogP contribution in [0.3, 0.4) is 0 Å². The third-order valence-corrected chi connectivity index (χ3v) is 9.33. The molecule has 4 amide bonds. The Morgan fingerprint density at radius 2 is 1.56 bits per heavy atom. The van der Waals surface area contributed by atoms with Crippen LogP contribution in [-0.4, -0.2) is 106 Å². The van der Waals surface area contributed by atoms with Crippen LogP contribution in [0.25, 0.3) is 21.9 Å². The lowest BCUT2D eigenvalue weighted by atomic mass is 9.98. The molecule has 0 bridgehead atoms. The number of carbonyl (C=O) groups is 6. The number of aromatic nitrogens is 2. The number of carbonyl (C=O) groups excluding carboxylic acids is 6. The molecule has 0 aliphatic rings. The first kappa shape index (κ1) is 48.7. The number of benzene rings is 2. The highest BCUT2D eigenvalue weighted by Gasteiger charge is 2.25. The summed E-state index contributed by atoms with van der Waals surface area (Å²) in [5.41, 5.74) is 5.92. The lowest BCUT2D eigenvalue weighted by Crippen LogP contribution is -2.38. The summed E-state index contributed by atoms with van der Waals surface area (Å²) in [5.74, 6) is -0.327. The number of likely N-dealkylation sites (N-methyl/N-ethyl adjacent to an activating group) is 1. The summed E-state index contributed by atoms with van der Waals surface area (Å²) in [4.78, 5) is 81.1. The minimum absolute atomic E-state index is 0.139. The first-order valence-electron chi connectivity index (χ1n) is 19.4. The highest BCUT2D eigenvalue weighted by Crippen LogP contribution is 2.34. The molecule has 6 N–H and O–H groups in total. The van der Waals surface area contributed by atoms with Crippen molar-refractivity contribution < 1.29 is 33.2 Å². The third-order valence-electron chi connectivity index (χ3n) is 9.33. The zero-order chi connectivity index (χ0) is 43.7. The Kier molecular flexibility index (Phi) is 21.8. The van der Waals surface area contributed by atoms with E-state index in [0.717, 1.165) is 51.5 Å². The average molecular weight is 816 g/mol. The monoisotopic (exact) mass is 815 g/mol. The van der Waals surface area contributed by atoms with Crippen molar-refractivity contribution in [2.24, 2.45) is 0 Å². The maximum absolute atomic E-state index is 13.3. The number of aldehydes is 2. The van der Waals surface area contributed by atoms with Crippen LogP contribution in [0.4, 0.5) is 27.3 Å². The lowest BCUT2D eigenvalue weighted by molar-refractivity contribution is -0.121. The van der Waals surface area contributed by atoms with E-state index in [1.165, 1.54) is 4.90 Å². The fourth-order valence-electron chi connectivity index (χ4n) is 6.19. The van der Waals surface area contributed by atoms with Crippen molar-refractivity contribution in [1.82, 2.24) is 25.5 Å². The van der Waals surface area contributed by atoms with Gasteiger partial charge in [0.25, 0.3) is 5.91 Å². The van der Waals surface area contributed by atoms with Gasteiger partial charge in [-0.05, 0) is 73.4 Å². The molecule has 0 radical (unpaired) electrons. The predicted octanol–water partition coefficient (Wildman–Crippen LogP) is 6.01. The first-order chi connectivity index (χ1) is 28.6. The van der Waals surface area contributed by atoms with Crippen LogP contribution in [0, 0.1) is 6.92 Å². The summed E-state index contributed by atoms with van der Waals surface area (Å²) in [7, 11) is 7.35. The van der Waals surface area contributed by atoms with Crippen molar-refractivity contribution in [3.63, 3.8) is 0 Å². The standard InChI is InChI=1S/C40H50N8O5.C2H5NO.CH3F/c1-6-11-30(25-50)48(5)40(53)39-27(24-49)12-9-13-33(39)44-16-7-8-17-45-37(51)14-10-15-38(52)47-36-20-29-18-28(19-34(41-3)32(29)22-46-36)31-21-43-23-35(42-4)26(31)2;1-3-2-4;1-2/h9,12-13,18-25,30,41-42,44H,6-8,10-11,14-17H2,1-5H3,(H,45,51)(H,46,47,52);2H,1H3,(H,3,4);1H3. The van der Waals surface area contributed by atoms with Crippen LogP contribution >= 0.6 is 0 Å². The number of amides is 4. The van der Waals surface area contributed by atoms with Gasteiger partial charge in [0.2, 0.25) is 18.2 Å². The quantitative estimate of drug-likeness (QED) is 0.0425. The number of alkyl halides is 1. The summed E-state index contributed by atoms with van der Waals surface area (Å²) in [6, 6.07) is 10.4. The van der Waals surface area contributed by atoms with Gasteiger partial charge in [-0.25, -0.2) is 4.98 Å². The van der Waals surface area contributed by atoms with Gasteiger partial charge in [0, 0.05) is 94.4 Å². The first-order valence-corrected chi connectivity index (χ1v) is 19.4. The number of hydrogen-bond donors (Lipinski definition) is 6. The minimum atomic E-state index is -0.573. The lowest BCUT2D eigenvalue weighted by Gasteiger charge is -2.25. The Morgan fingerprint density at radius 1 is 0.864 bits per heavy atom. The molecule has 2 aromatic heterocycles. The fraction of sp³-hybridized carbons (Fsp3) is 0.395. The summed E-state index contributed by atoms with van der Waals surface area (Å²) in [6.07, 6.45) is 10.8. The molecule has 0 fully saturated rings. The van der Waals surface area contributed by atoms with Gasteiger partial charge in [0.05, 0.1) is 30.7 Å². The van der Waals surface area contributed by atoms with Gasteiger partial charge in [-0.2, -0.15) is 0 Å². The van der Waals surface area contributed by atoms with Crippen LogP contribution in [0.15, 0.2) is 55.0 Å². The number of fused-ring (bicyclic) bond motifs is 1. The molecule has 2 heterocycles. The average Bonchev–Trinajstić information content (AvgIpc) is 3.26. The molecule has 59 heavy (non-hydrogen) atoms. The number of pyridine rings is 2. The van der Waals surface area contributed by atoms with E-state index >= 15 is 0 Å². The van der Waals surface area contributed by atoms with Crippen molar-refractivity contribution in [3.8, 4) is 11.1 Å². The fourth-order valence-corrected chi connectivity index (χ4v) is 6.19. The molecule has 4 aromatic rings. The molecule has 0 spiro atoms. The molecule has 0 aliphatic carbocycles. The van der Waals surface area contributed by atoms with Gasteiger partial charge in [-0.1, -0.05) is 25.5 Å². The van der Waals surface area contributed by atoms with E-state index in [1.807, 2.05) is 40.2 Å². The molecule has 0 saturated heterocycles. The largest absolute Gasteiger partial charge is 0.388 e. The third kappa shape index (κ3) is 14.5. The van der Waals surface area contributed by atoms with Crippen LogP contribution in [0.1, 0.15) is 78.1 Å². The second-order valence-corrected chi connectivity index (χ2v) is 13.3. The predicted molar refractivity (Wildman–Crippen MR) is 233 cm³/mol. The Bertz CT molecular complexity index is 2010. The van der Waals surface area contributed by atoms with Crippen molar-refractivity contribution in [1.29, 1.82) is 0 Å². The Labute approximate surface area is 345 Å². The molecule has 15 nitrogen and oxygen atoms in total. The van der Waals surface area contributed by atoms with Gasteiger partial charge in [0.1, 0.15) is 12.1 Å². The van der Waals surface area contributed by atoms with Gasteiger partial charge >= 0.3 is 0 Å². The highest BCUT2D eigenvalue weighted by atomic mass is 19.1. The van der Waals surface area contributed by atoms with Crippen LogP contribution in [0.5, 0.6) is 0 Å². The highest BCUT2D eigenvalue weighted by molar-refractivity contribution is 6.07. The molecular weight excluding hydrogens is 758 g/mol. The zero-order valence-electron chi connectivity index (χ0n) is 35.0. The molecule has 1 unspecified atom stereocenters. The Morgan fingerprint density at radius 3 is 2.20 bits per heavy atom. The smallest absolute Gasteiger partial charge is 0.257 e. The van der Waals surface area contributed by atoms with E-state index in [9.17, 15) is 28.4 Å². The molecule has 0 aliphatic heterocycles. The second-order valence-electron chi connectivity index (χ2n) is 13.3. The molecule has 4 rings (SSSR count). The summed E-state index contributed by atoms with van der Waals surface area (Å²) in [6.45, 7) is 4.95. The molecule has 318 valence electrons. The van der Waals surface area contributed by atoms with Gasteiger partial charge in [0.15, 0.2) is 6.29 Å². The van der Waals surface area contributed by atoms with E-state index in [0.29, 0.717) is 70.2 Å². The number of hydrogen-bond acceptors (Lipinski definition) is 11.